The highest BCUT2D eigenvalue weighted by Crippen LogP contribution is 2.19. The lowest BCUT2D eigenvalue weighted by molar-refractivity contribution is 0.0992. The molecule has 2 aromatic rings. The molecule has 0 amide bonds. The number of nitrogens with two attached hydrogens (primary N) is 1. The maximum atomic E-state index is 12.2. The van der Waals surface area contributed by atoms with E-state index in [0.29, 0.717) is 18.5 Å². The largest absolute Gasteiger partial charge is 0.496 e. The fourth-order valence-electron chi connectivity index (χ4n) is 1.95. The zero-order chi connectivity index (χ0) is 13.7. The number of para-hydroxylation sites is 1. The minimum absolute atomic E-state index is 0.0769. The van der Waals surface area contributed by atoms with Crippen LogP contribution in [0.4, 0.5) is 0 Å². The number of benzene rings is 2. The zero-order valence-electron chi connectivity index (χ0n) is 10.9. The summed E-state index contributed by atoms with van der Waals surface area (Å²) in [4.78, 5) is 12.2. The second kappa shape index (κ2) is 6.16. The second-order valence-electron chi connectivity index (χ2n) is 4.31. The lowest BCUT2D eigenvalue weighted by Gasteiger charge is -2.07. The number of ketones is 1. The molecule has 2 N–H and O–H groups in total. The molecule has 0 spiro atoms. The van der Waals surface area contributed by atoms with Crippen LogP contribution < -0.4 is 10.5 Å². The summed E-state index contributed by atoms with van der Waals surface area (Å²) in [7, 11) is 1.61. The Morgan fingerprint density at radius 1 is 1.11 bits per heavy atom. The first-order chi connectivity index (χ1) is 9.24. The fourth-order valence-corrected chi connectivity index (χ4v) is 1.95. The SMILES string of the molecule is COc1ccccc1CC(=O)c1ccc(CN)cc1. The van der Waals surface area contributed by atoms with Gasteiger partial charge in [0.1, 0.15) is 5.75 Å². The molecule has 0 saturated carbocycles. The summed E-state index contributed by atoms with van der Waals surface area (Å²) in [6, 6.07) is 15.0. The number of methoxy groups -OCH3 is 1. The third-order valence-corrected chi connectivity index (χ3v) is 3.06. The summed E-state index contributed by atoms with van der Waals surface area (Å²) in [5.74, 6) is 0.822. The van der Waals surface area contributed by atoms with Crippen molar-refractivity contribution >= 4 is 5.78 Å². The van der Waals surface area contributed by atoms with Gasteiger partial charge in [-0.05, 0) is 11.6 Å². The maximum absolute atomic E-state index is 12.2. The molecule has 98 valence electrons. The first-order valence-corrected chi connectivity index (χ1v) is 6.18. The van der Waals surface area contributed by atoms with Crippen LogP contribution in [-0.4, -0.2) is 12.9 Å². The van der Waals surface area contributed by atoms with Crippen LogP contribution in [0.5, 0.6) is 5.75 Å². The van der Waals surface area contributed by atoms with Crippen molar-refractivity contribution in [3.63, 3.8) is 0 Å². The molecule has 0 saturated heterocycles. The van der Waals surface area contributed by atoms with Crippen LogP contribution in [0.2, 0.25) is 0 Å². The topological polar surface area (TPSA) is 52.3 Å². The third-order valence-electron chi connectivity index (χ3n) is 3.06. The highest BCUT2D eigenvalue weighted by Gasteiger charge is 2.10. The van der Waals surface area contributed by atoms with Gasteiger partial charge in [-0.15, -0.1) is 0 Å². The van der Waals surface area contributed by atoms with Crippen LogP contribution >= 0.6 is 0 Å². The third kappa shape index (κ3) is 3.20. The molecule has 0 heterocycles. The maximum Gasteiger partial charge on any atom is 0.167 e. The molecule has 0 atom stereocenters. The van der Waals surface area contributed by atoms with Crippen LogP contribution in [0.15, 0.2) is 48.5 Å². The van der Waals surface area contributed by atoms with Gasteiger partial charge < -0.3 is 10.5 Å². The van der Waals surface area contributed by atoms with E-state index in [1.54, 1.807) is 7.11 Å². The molecule has 3 nitrogen and oxygen atoms in total. The molecule has 2 aromatic carbocycles. The molecule has 0 radical (unpaired) electrons. The van der Waals surface area contributed by atoms with E-state index < -0.39 is 0 Å². The minimum Gasteiger partial charge on any atom is -0.496 e. The molecule has 19 heavy (non-hydrogen) atoms. The quantitative estimate of drug-likeness (QED) is 0.835. The Balaban J connectivity index is 2.16. The summed E-state index contributed by atoms with van der Waals surface area (Å²) in [6.07, 6.45) is 0.339. The summed E-state index contributed by atoms with van der Waals surface area (Å²) in [5, 5.41) is 0. The van der Waals surface area contributed by atoms with E-state index >= 15 is 0 Å². The highest BCUT2D eigenvalue weighted by molar-refractivity contribution is 5.97. The van der Waals surface area contributed by atoms with Crippen LogP contribution in [0.1, 0.15) is 21.5 Å². The molecule has 2 rings (SSSR count). The predicted molar refractivity (Wildman–Crippen MR) is 75.4 cm³/mol. The number of hydrogen-bond acceptors (Lipinski definition) is 3. The Morgan fingerprint density at radius 2 is 1.79 bits per heavy atom. The van der Waals surface area contributed by atoms with Crippen molar-refractivity contribution in [1.82, 2.24) is 0 Å². The van der Waals surface area contributed by atoms with Gasteiger partial charge in [0.05, 0.1) is 7.11 Å². The Morgan fingerprint density at radius 3 is 2.42 bits per heavy atom. The number of ether oxygens (including phenoxy) is 1. The molecule has 0 unspecified atom stereocenters. The molecule has 0 aliphatic heterocycles. The van der Waals surface area contributed by atoms with Crippen LogP contribution in [0.3, 0.4) is 0 Å². The lowest BCUT2D eigenvalue weighted by Crippen LogP contribution is -2.05. The summed E-state index contributed by atoms with van der Waals surface area (Å²) in [5.41, 5.74) is 8.16. The van der Waals surface area contributed by atoms with Crippen LogP contribution in [0, 0.1) is 0 Å². The van der Waals surface area contributed by atoms with Gasteiger partial charge in [-0.3, -0.25) is 4.79 Å². The highest BCUT2D eigenvalue weighted by atomic mass is 16.5. The standard InChI is InChI=1S/C16H17NO2/c1-19-16-5-3-2-4-14(16)10-15(18)13-8-6-12(11-17)7-9-13/h2-9H,10-11,17H2,1H3. The molecule has 0 aliphatic rings. The van der Waals surface area contributed by atoms with Crippen molar-refractivity contribution in [2.75, 3.05) is 7.11 Å². The number of carbonyl (C=O) groups excluding carboxylic acids is 1. The first kappa shape index (κ1) is 13.3. The molecular formula is C16H17NO2. The van der Waals surface area contributed by atoms with Gasteiger partial charge in [-0.25, -0.2) is 0 Å². The van der Waals surface area contributed by atoms with Crippen molar-refractivity contribution < 1.29 is 9.53 Å². The Bertz CT molecular complexity index is 561. The monoisotopic (exact) mass is 255 g/mol. The number of rotatable bonds is 5. The Labute approximate surface area is 113 Å². The van der Waals surface area contributed by atoms with E-state index in [9.17, 15) is 4.79 Å². The normalized spacial score (nSPS) is 10.2. The van der Waals surface area contributed by atoms with Gasteiger partial charge in [0.2, 0.25) is 0 Å². The van der Waals surface area contributed by atoms with E-state index in [1.165, 1.54) is 0 Å². The van der Waals surface area contributed by atoms with Crippen LogP contribution in [0.25, 0.3) is 0 Å². The van der Waals surface area contributed by atoms with E-state index in [-0.39, 0.29) is 5.78 Å². The summed E-state index contributed by atoms with van der Waals surface area (Å²) in [6.45, 7) is 0.487. The molecule has 0 fully saturated rings. The van der Waals surface area contributed by atoms with Gasteiger partial charge in [0.25, 0.3) is 0 Å². The average molecular weight is 255 g/mol. The van der Waals surface area contributed by atoms with Gasteiger partial charge in [0, 0.05) is 24.1 Å². The van der Waals surface area contributed by atoms with Crippen LogP contribution in [-0.2, 0) is 13.0 Å². The predicted octanol–water partition coefficient (Wildman–Crippen LogP) is 2.58. The van der Waals surface area contributed by atoms with Crippen molar-refractivity contribution in [3.05, 3.63) is 65.2 Å². The average Bonchev–Trinajstić information content (AvgIpc) is 2.48. The van der Waals surface area contributed by atoms with E-state index in [4.69, 9.17) is 10.5 Å². The summed E-state index contributed by atoms with van der Waals surface area (Å²) < 4.78 is 5.25. The molecule has 0 bridgehead atoms. The van der Waals surface area contributed by atoms with E-state index in [2.05, 4.69) is 0 Å². The molecule has 0 aromatic heterocycles. The Kier molecular flexibility index (Phi) is 4.31. The van der Waals surface area contributed by atoms with Gasteiger partial charge in [-0.2, -0.15) is 0 Å². The number of carbonyl (C=O) groups is 1. The minimum atomic E-state index is 0.0769. The zero-order valence-corrected chi connectivity index (χ0v) is 10.9. The second-order valence-corrected chi connectivity index (χ2v) is 4.31. The number of hydrogen-bond donors (Lipinski definition) is 1. The lowest BCUT2D eigenvalue weighted by atomic mass is 10.0. The van der Waals surface area contributed by atoms with Crippen molar-refractivity contribution in [1.29, 1.82) is 0 Å². The molecule has 3 heteroatoms. The smallest absolute Gasteiger partial charge is 0.167 e. The van der Waals surface area contributed by atoms with Gasteiger partial charge in [0.15, 0.2) is 5.78 Å². The van der Waals surface area contributed by atoms with Gasteiger partial charge >= 0.3 is 0 Å². The number of Topliss-reactive ketones (excluding diaryl/α,β-unsaturated/α-hetero) is 1. The molecular weight excluding hydrogens is 238 g/mol. The fraction of sp³-hybridized carbons (Fsp3) is 0.188. The van der Waals surface area contributed by atoms with Crippen molar-refractivity contribution in [3.8, 4) is 5.75 Å². The van der Waals surface area contributed by atoms with E-state index in [1.807, 2.05) is 48.5 Å². The van der Waals surface area contributed by atoms with Gasteiger partial charge in [-0.1, -0.05) is 42.5 Å². The first-order valence-electron chi connectivity index (χ1n) is 6.18. The molecule has 0 aliphatic carbocycles. The Hall–Kier alpha value is -2.13. The van der Waals surface area contributed by atoms with Crippen molar-refractivity contribution in [2.24, 2.45) is 5.73 Å². The summed E-state index contributed by atoms with van der Waals surface area (Å²) >= 11 is 0. The van der Waals surface area contributed by atoms with Crippen molar-refractivity contribution in [2.45, 2.75) is 13.0 Å². The van der Waals surface area contributed by atoms with E-state index in [0.717, 1.165) is 16.9 Å².